The third kappa shape index (κ3) is 4.13. The molecule has 2 aromatic heterocycles. The highest BCUT2D eigenvalue weighted by Gasteiger charge is 2.27. The van der Waals surface area contributed by atoms with Crippen LogP contribution in [0, 0.1) is 0 Å². The Hall–Kier alpha value is -2.80. The maximum atomic E-state index is 12.8. The number of piperidine rings is 1. The maximum Gasteiger partial charge on any atom is 0.223 e. The summed E-state index contributed by atoms with van der Waals surface area (Å²) in [6.45, 7) is 2.95. The average molecular weight is 452 g/mol. The molecule has 1 saturated heterocycles. The number of amides is 2. The van der Waals surface area contributed by atoms with Gasteiger partial charge in [-0.05, 0) is 66.0 Å². The molecule has 0 aliphatic carbocycles. The number of carbonyl (C=O) groups excluding carboxylic acids is 2. The van der Waals surface area contributed by atoms with E-state index >= 15 is 0 Å². The fourth-order valence-corrected chi connectivity index (χ4v) is 5.91. The van der Waals surface area contributed by atoms with Crippen molar-refractivity contribution >= 4 is 34.1 Å². The second kappa shape index (κ2) is 8.98. The molecule has 4 heterocycles. The molecule has 0 spiro atoms. The Morgan fingerprint density at radius 2 is 1.88 bits per heavy atom. The standard InChI is InChI=1S/C25H29N3O3S/c1-31-19-2-3-22-20(14-19)21(15-26-22)17-6-10-27(11-7-17)24(29)4-5-25(30)28-12-8-23-18(16-28)9-13-32-23/h2-3,9,13-15,17,26H,4-8,10-12,16H2,1H3. The van der Waals surface area contributed by atoms with Gasteiger partial charge < -0.3 is 19.5 Å². The highest BCUT2D eigenvalue weighted by molar-refractivity contribution is 7.10. The summed E-state index contributed by atoms with van der Waals surface area (Å²) in [7, 11) is 1.69. The summed E-state index contributed by atoms with van der Waals surface area (Å²) in [5.74, 6) is 1.48. The van der Waals surface area contributed by atoms with Crippen LogP contribution >= 0.6 is 11.3 Å². The molecule has 0 unspecified atom stereocenters. The van der Waals surface area contributed by atoms with Gasteiger partial charge in [-0.1, -0.05) is 0 Å². The zero-order valence-electron chi connectivity index (χ0n) is 18.4. The number of nitrogens with one attached hydrogen (secondary N) is 1. The van der Waals surface area contributed by atoms with Crippen LogP contribution in [0.1, 0.15) is 47.6 Å². The summed E-state index contributed by atoms with van der Waals surface area (Å²) >= 11 is 1.77. The molecule has 2 aliphatic heterocycles. The Balaban J connectivity index is 1.13. The second-order valence-corrected chi connectivity index (χ2v) is 9.75. The minimum absolute atomic E-state index is 0.0952. The zero-order valence-corrected chi connectivity index (χ0v) is 19.2. The fourth-order valence-electron chi connectivity index (χ4n) is 5.02. The summed E-state index contributed by atoms with van der Waals surface area (Å²) in [4.78, 5) is 34.0. The van der Waals surface area contributed by atoms with Gasteiger partial charge in [0, 0.05) is 61.0 Å². The van der Waals surface area contributed by atoms with Crippen molar-refractivity contribution in [3.05, 3.63) is 51.8 Å². The van der Waals surface area contributed by atoms with E-state index in [0.717, 1.165) is 50.2 Å². The van der Waals surface area contributed by atoms with E-state index in [4.69, 9.17) is 4.74 Å². The molecule has 2 amide bonds. The first kappa shape index (κ1) is 21.1. The van der Waals surface area contributed by atoms with Crippen LogP contribution < -0.4 is 4.74 Å². The summed E-state index contributed by atoms with van der Waals surface area (Å²) in [5, 5.41) is 3.30. The van der Waals surface area contributed by atoms with E-state index in [-0.39, 0.29) is 11.8 Å². The third-order valence-electron chi connectivity index (χ3n) is 6.92. The first-order valence-electron chi connectivity index (χ1n) is 11.4. The third-order valence-corrected chi connectivity index (χ3v) is 7.94. The van der Waals surface area contributed by atoms with Crippen molar-refractivity contribution in [1.29, 1.82) is 0 Å². The van der Waals surface area contributed by atoms with Crippen LogP contribution in [0.25, 0.3) is 10.9 Å². The SMILES string of the molecule is COc1ccc2[nH]cc(C3CCN(C(=O)CCC(=O)N4CCc5sccc5C4)CC3)c2c1. The van der Waals surface area contributed by atoms with Crippen molar-refractivity contribution in [2.75, 3.05) is 26.7 Å². The summed E-state index contributed by atoms with van der Waals surface area (Å²) < 4.78 is 5.39. The van der Waals surface area contributed by atoms with Crippen LogP contribution in [0.2, 0.25) is 0 Å². The van der Waals surface area contributed by atoms with Crippen LogP contribution in [0.4, 0.5) is 0 Å². The molecule has 2 aliphatic rings. The summed E-state index contributed by atoms with van der Waals surface area (Å²) in [5.41, 5.74) is 3.68. The zero-order chi connectivity index (χ0) is 22.1. The highest BCUT2D eigenvalue weighted by Crippen LogP contribution is 2.35. The number of thiophene rings is 1. The van der Waals surface area contributed by atoms with E-state index in [9.17, 15) is 9.59 Å². The van der Waals surface area contributed by atoms with Crippen LogP contribution in [-0.2, 0) is 22.6 Å². The summed E-state index contributed by atoms with van der Waals surface area (Å²) in [6, 6.07) is 8.21. The molecule has 168 valence electrons. The van der Waals surface area contributed by atoms with Gasteiger partial charge in [-0.15, -0.1) is 11.3 Å². The Morgan fingerprint density at radius 1 is 1.09 bits per heavy atom. The average Bonchev–Trinajstić information content (AvgIpc) is 3.48. The number of nitrogens with zero attached hydrogens (tertiary/aromatic N) is 2. The monoisotopic (exact) mass is 451 g/mol. The number of aromatic nitrogens is 1. The van der Waals surface area contributed by atoms with Gasteiger partial charge in [-0.25, -0.2) is 0 Å². The predicted octanol–water partition coefficient (Wildman–Crippen LogP) is 4.31. The van der Waals surface area contributed by atoms with Gasteiger partial charge in [-0.2, -0.15) is 0 Å². The van der Waals surface area contributed by atoms with Crippen molar-refractivity contribution in [3.8, 4) is 5.75 Å². The second-order valence-electron chi connectivity index (χ2n) is 8.74. The van der Waals surface area contributed by atoms with Gasteiger partial charge in [0.2, 0.25) is 11.8 Å². The number of hydrogen-bond acceptors (Lipinski definition) is 4. The minimum Gasteiger partial charge on any atom is -0.497 e. The number of rotatable bonds is 5. The van der Waals surface area contributed by atoms with Crippen molar-refractivity contribution in [2.24, 2.45) is 0 Å². The topological polar surface area (TPSA) is 65.6 Å². The number of aromatic amines is 1. The molecule has 7 heteroatoms. The van der Waals surface area contributed by atoms with Gasteiger partial charge in [-0.3, -0.25) is 9.59 Å². The number of fused-ring (bicyclic) bond motifs is 2. The molecule has 5 rings (SSSR count). The lowest BCUT2D eigenvalue weighted by Crippen LogP contribution is -2.39. The number of hydrogen-bond donors (Lipinski definition) is 1. The van der Waals surface area contributed by atoms with E-state index in [1.807, 2.05) is 15.9 Å². The van der Waals surface area contributed by atoms with Gasteiger partial charge in [0.1, 0.15) is 5.75 Å². The van der Waals surface area contributed by atoms with E-state index in [1.54, 1.807) is 18.4 Å². The van der Waals surface area contributed by atoms with Crippen LogP contribution in [-0.4, -0.2) is 53.3 Å². The lowest BCUT2D eigenvalue weighted by molar-refractivity contribution is -0.138. The van der Waals surface area contributed by atoms with Crippen molar-refractivity contribution in [3.63, 3.8) is 0 Å². The van der Waals surface area contributed by atoms with E-state index in [2.05, 4.69) is 34.8 Å². The Labute approximate surface area is 192 Å². The highest BCUT2D eigenvalue weighted by atomic mass is 32.1. The largest absolute Gasteiger partial charge is 0.497 e. The Bertz CT molecular complexity index is 1130. The summed E-state index contributed by atoms with van der Waals surface area (Å²) in [6.07, 6.45) is 5.53. The number of ether oxygens (including phenoxy) is 1. The maximum absolute atomic E-state index is 12.8. The number of benzene rings is 1. The van der Waals surface area contributed by atoms with Gasteiger partial charge >= 0.3 is 0 Å². The molecule has 3 aromatic rings. The minimum atomic E-state index is 0.0952. The van der Waals surface area contributed by atoms with Crippen LogP contribution in [0.5, 0.6) is 5.75 Å². The van der Waals surface area contributed by atoms with E-state index in [0.29, 0.717) is 25.3 Å². The van der Waals surface area contributed by atoms with Gasteiger partial charge in [0.05, 0.1) is 7.11 Å². The molecule has 0 radical (unpaired) electrons. The number of carbonyl (C=O) groups is 2. The molecule has 0 saturated carbocycles. The molecule has 6 nitrogen and oxygen atoms in total. The molecule has 0 bridgehead atoms. The lowest BCUT2D eigenvalue weighted by Gasteiger charge is -2.32. The lowest BCUT2D eigenvalue weighted by atomic mass is 9.89. The van der Waals surface area contributed by atoms with Gasteiger partial charge in [0.15, 0.2) is 0 Å². The van der Waals surface area contributed by atoms with Crippen molar-refractivity contribution < 1.29 is 14.3 Å². The van der Waals surface area contributed by atoms with Crippen LogP contribution in [0.3, 0.4) is 0 Å². The number of H-pyrrole nitrogens is 1. The predicted molar refractivity (Wildman–Crippen MR) is 126 cm³/mol. The quantitative estimate of drug-likeness (QED) is 0.629. The van der Waals surface area contributed by atoms with Crippen molar-refractivity contribution in [2.45, 2.75) is 44.6 Å². The number of methoxy groups -OCH3 is 1. The fraction of sp³-hybridized carbons (Fsp3) is 0.440. The normalized spacial score (nSPS) is 16.9. The Morgan fingerprint density at radius 3 is 2.66 bits per heavy atom. The van der Waals surface area contributed by atoms with Crippen LogP contribution in [0.15, 0.2) is 35.8 Å². The first-order chi connectivity index (χ1) is 15.6. The van der Waals surface area contributed by atoms with Crippen molar-refractivity contribution in [1.82, 2.24) is 14.8 Å². The molecular weight excluding hydrogens is 422 g/mol. The van der Waals surface area contributed by atoms with Gasteiger partial charge in [0.25, 0.3) is 0 Å². The molecular formula is C25H29N3O3S. The smallest absolute Gasteiger partial charge is 0.223 e. The number of likely N-dealkylation sites (tertiary alicyclic amines) is 1. The molecule has 1 N–H and O–H groups in total. The van der Waals surface area contributed by atoms with E-state index < -0.39 is 0 Å². The molecule has 1 aromatic carbocycles. The van der Waals surface area contributed by atoms with E-state index in [1.165, 1.54) is 21.4 Å². The molecule has 1 fully saturated rings. The first-order valence-corrected chi connectivity index (χ1v) is 12.3. The molecule has 32 heavy (non-hydrogen) atoms. The Kier molecular flexibility index (Phi) is 5.91. The molecule has 0 atom stereocenters.